The molecule has 0 aromatic heterocycles. The van der Waals surface area contributed by atoms with Crippen LogP contribution < -0.4 is 5.32 Å². The van der Waals surface area contributed by atoms with Crippen LogP contribution >= 0.6 is 0 Å². The quantitative estimate of drug-likeness (QED) is 0.744. The highest BCUT2D eigenvalue weighted by Gasteiger charge is 2.23. The zero-order valence-corrected chi connectivity index (χ0v) is 10.7. The van der Waals surface area contributed by atoms with E-state index in [1.54, 1.807) is 0 Å². The summed E-state index contributed by atoms with van der Waals surface area (Å²) in [7, 11) is 0. The molecule has 1 amide bonds. The fraction of sp³-hybridized carbons (Fsp3) is 0.385. The number of aliphatic hydroxyl groups is 2. The summed E-state index contributed by atoms with van der Waals surface area (Å²) in [5.74, 6) is -2.26. The third-order valence-electron chi connectivity index (χ3n) is 2.70. The zero-order chi connectivity index (χ0) is 15.3. The van der Waals surface area contributed by atoms with Crippen LogP contribution in [0.4, 0.5) is 8.78 Å². The molecule has 0 saturated heterocycles. The Labute approximate surface area is 114 Å². The summed E-state index contributed by atoms with van der Waals surface area (Å²) in [6.07, 6.45) is -3.04. The summed E-state index contributed by atoms with van der Waals surface area (Å²) in [6, 6.07) is 2.81. The van der Waals surface area contributed by atoms with Crippen LogP contribution in [0, 0.1) is 23.0 Å². The molecule has 3 N–H and O–H groups in total. The van der Waals surface area contributed by atoms with Gasteiger partial charge in [0, 0.05) is 19.0 Å². The van der Waals surface area contributed by atoms with Crippen molar-refractivity contribution in [2.75, 3.05) is 6.54 Å². The SMILES string of the molecule is CC(=O)NCCC(O)C(O)c1cc(F)c(C#N)cc1F. The van der Waals surface area contributed by atoms with E-state index in [1.807, 2.05) is 0 Å². The second-order valence-electron chi connectivity index (χ2n) is 4.25. The molecule has 7 heteroatoms. The van der Waals surface area contributed by atoms with Gasteiger partial charge in [-0.05, 0) is 18.6 Å². The summed E-state index contributed by atoms with van der Waals surface area (Å²) >= 11 is 0. The molecule has 0 aliphatic heterocycles. The highest BCUT2D eigenvalue weighted by molar-refractivity contribution is 5.72. The number of carbonyl (C=O) groups excluding carboxylic acids is 1. The van der Waals surface area contributed by atoms with E-state index in [1.165, 1.54) is 13.0 Å². The highest BCUT2D eigenvalue weighted by Crippen LogP contribution is 2.24. The number of hydrogen-bond acceptors (Lipinski definition) is 4. The lowest BCUT2D eigenvalue weighted by Gasteiger charge is -2.19. The van der Waals surface area contributed by atoms with Crippen molar-refractivity contribution in [3.63, 3.8) is 0 Å². The number of amides is 1. The summed E-state index contributed by atoms with van der Waals surface area (Å²) < 4.78 is 27.0. The van der Waals surface area contributed by atoms with Crippen LogP contribution in [-0.2, 0) is 4.79 Å². The Morgan fingerprint density at radius 1 is 1.40 bits per heavy atom. The van der Waals surface area contributed by atoms with E-state index in [0.29, 0.717) is 12.1 Å². The van der Waals surface area contributed by atoms with Gasteiger partial charge in [-0.25, -0.2) is 8.78 Å². The molecular weight excluding hydrogens is 270 g/mol. The molecule has 0 spiro atoms. The van der Waals surface area contributed by atoms with E-state index in [4.69, 9.17) is 5.26 Å². The van der Waals surface area contributed by atoms with Gasteiger partial charge in [0.2, 0.25) is 5.91 Å². The summed E-state index contributed by atoms with van der Waals surface area (Å²) in [5.41, 5.74) is -0.914. The number of benzene rings is 1. The number of aliphatic hydroxyl groups excluding tert-OH is 2. The van der Waals surface area contributed by atoms with Crippen molar-refractivity contribution in [3.05, 3.63) is 34.9 Å². The van der Waals surface area contributed by atoms with Crippen LogP contribution in [0.15, 0.2) is 12.1 Å². The zero-order valence-electron chi connectivity index (χ0n) is 10.7. The van der Waals surface area contributed by atoms with Crippen LogP contribution in [0.1, 0.15) is 30.6 Å². The number of nitriles is 1. The minimum atomic E-state index is -1.65. The van der Waals surface area contributed by atoms with Gasteiger partial charge in [-0.1, -0.05) is 0 Å². The van der Waals surface area contributed by atoms with E-state index in [9.17, 15) is 23.8 Å². The number of nitrogens with zero attached hydrogens (tertiary/aromatic N) is 1. The predicted octanol–water partition coefficient (Wildman–Crippen LogP) is 0.757. The third-order valence-corrected chi connectivity index (χ3v) is 2.70. The van der Waals surface area contributed by atoms with Crippen LogP contribution in [0.3, 0.4) is 0 Å². The highest BCUT2D eigenvalue weighted by atomic mass is 19.1. The molecule has 1 aromatic carbocycles. The van der Waals surface area contributed by atoms with Crippen molar-refractivity contribution in [3.8, 4) is 6.07 Å². The Balaban J connectivity index is 2.81. The minimum Gasteiger partial charge on any atom is -0.390 e. The normalized spacial score (nSPS) is 13.4. The molecule has 108 valence electrons. The molecule has 2 unspecified atom stereocenters. The average Bonchev–Trinajstić information content (AvgIpc) is 2.39. The van der Waals surface area contributed by atoms with Crippen LogP contribution in [-0.4, -0.2) is 28.8 Å². The molecule has 0 aliphatic rings. The van der Waals surface area contributed by atoms with Gasteiger partial charge in [0.05, 0.1) is 11.7 Å². The maximum Gasteiger partial charge on any atom is 0.216 e. The Morgan fingerprint density at radius 3 is 2.60 bits per heavy atom. The van der Waals surface area contributed by atoms with Gasteiger partial charge in [-0.2, -0.15) is 5.26 Å². The van der Waals surface area contributed by atoms with Crippen molar-refractivity contribution < 1.29 is 23.8 Å². The van der Waals surface area contributed by atoms with Crippen LogP contribution in [0.25, 0.3) is 0 Å². The monoisotopic (exact) mass is 284 g/mol. The summed E-state index contributed by atoms with van der Waals surface area (Å²) in [5, 5.41) is 30.4. The first kappa shape index (κ1) is 16.0. The van der Waals surface area contributed by atoms with Crippen molar-refractivity contribution in [1.29, 1.82) is 5.26 Å². The number of nitrogens with one attached hydrogen (secondary N) is 1. The second-order valence-corrected chi connectivity index (χ2v) is 4.25. The summed E-state index contributed by atoms with van der Waals surface area (Å²) in [6.45, 7) is 1.38. The predicted molar refractivity (Wildman–Crippen MR) is 65.3 cm³/mol. The van der Waals surface area contributed by atoms with Gasteiger partial charge in [-0.3, -0.25) is 4.79 Å². The van der Waals surface area contributed by atoms with Gasteiger partial charge in [-0.15, -0.1) is 0 Å². The number of rotatable bonds is 5. The molecule has 2 atom stereocenters. The number of carbonyl (C=O) groups is 1. The minimum absolute atomic E-state index is 0.0260. The van der Waals surface area contributed by atoms with Crippen molar-refractivity contribution in [2.24, 2.45) is 0 Å². The fourth-order valence-corrected chi connectivity index (χ4v) is 1.64. The topological polar surface area (TPSA) is 93.3 Å². The standard InChI is InChI=1S/C13H14F2N2O3/c1-7(18)17-3-2-12(19)13(20)9-5-10(14)8(6-16)4-11(9)15/h4-5,12-13,19-20H,2-3H2,1H3,(H,17,18). The van der Waals surface area contributed by atoms with E-state index in [-0.39, 0.29) is 18.9 Å². The van der Waals surface area contributed by atoms with Gasteiger partial charge in [0.25, 0.3) is 0 Å². The van der Waals surface area contributed by atoms with Crippen LogP contribution in [0.2, 0.25) is 0 Å². The lowest BCUT2D eigenvalue weighted by molar-refractivity contribution is -0.119. The lowest BCUT2D eigenvalue weighted by Crippen LogP contribution is -2.28. The van der Waals surface area contributed by atoms with E-state index < -0.39 is 35.0 Å². The Hall–Kier alpha value is -2.04. The van der Waals surface area contributed by atoms with Crippen molar-refractivity contribution >= 4 is 5.91 Å². The van der Waals surface area contributed by atoms with Gasteiger partial charge >= 0.3 is 0 Å². The smallest absolute Gasteiger partial charge is 0.216 e. The molecular formula is C13H14F2N2O3. The Bertz CT molecular complexity index is 543. The number of hydrogen-bond donors (Lipinski definition) is 3. The average molecular weight is 284 g/mol. The molecule has 20 heavy (non-hydrogen) atoms. The van der Waals surface area contributed by atoms with Gasteiger partial charge < -0.3 is 15.5 Å². The first-order valence-electron chi connectivity index (χ1n) is 5.86. The Morgan fingerprint density at radius 2 is 2.05 bits per heavy atom. The molecule has 1 rings (SSSR count). The molecule has 0 saturated carbocycles. The van der Waals surface area contributed by atoms with Gasteiger partial charge in [0.1, 0.15) is 23.8 Å². The van der Waals surface area contributed by atoms with E-state index in [0.717, 1.165) is 0 Å². The summed E-state index contributed by atoms with van der Waals surface area (Å²) in [4.78, 5) is 10.6. The molecule has 0 fully saturated rings. The second kappa shape index (κ2) is 6.93. The molecule has 0 aliphatic carbocycles. The Kier molecular flexibility index (Phi) is 5.55. The first-order valence-corrected chi connectivity index (χ1v) is 5.86. The van der Waals surface area contributed by atoms with Gasteiger partial charge in [0.15, 0.2) is 0 Å². The lowest BCUT2D eigenvalue weighted by atomic mass is 10.00. The van der Waals surface area contributed by atoms with E-state index >= 15 is 0 Å². The molecule has 1 aromatic rings. The molecule has 5 nitrogen and oxygen atoms in total. The first-order chi connectivity index (χ1) is 9.36. The molecule has 0 bridgehead atoms. The molecule has 0 radical (unpaired) electrons. The number of halogens is 2. The fourth-order valence-electron chi connectivity index (χ4n) is 1.64. The maximum absolute atomic E-state index is 13.6. The van der Waals surface area contributed by atoms with E-state index in [2.05, 4.69) is 5.32 Å². The third kappa shape index (κ3) is 3.98. The van der Waals surface area contributed by atoms with Crippen LogP contribution in [0.5, 0.6) is 0 Å². The maximum atomic E-state index is 13.6. The largest absolute Gasteiger partial charge is 0.390 e. The van der Waals surface area contributed by atoms with Crippen molar-refractivity contribution in [2.45, 2.75) is 25.6 Å². The van der Waals surface area contributed by atoms with Crippen molar-refractivity contribution in [1.82, 2.24) is 5.32 Å². The molecule has 0 heterocycles.